The zero-order valence-electron chi connectivity index (χ0n) is 12.2. The summed E-state index contributed by atoms with van der Waals surface area (Å²) >= 11 is 0. The van der Waals surface area contributed by atoms with Crippen molar-refractivity contribution in [1.82, 2.24) is 5.32 Å². The molecule has 1 aromatic rings. The van der Waals surface area contributed by atoms with Crippen LogP contribution in [-0.2, 0) is 0 Å². The summed E-state index contributed by atoms with van der Waals surface area (Å²) in [6, 6.07) is 4.08. The molecule has 4 heteroatoms. The summed E-state index contributed by atoms with van der Waals surface area (Å²) < 4.78 is 16.3. The van der Waals surface area contributed by atoms with Crippen LogP contribution >= 0.6 is 0 Å². The highest BCUT2D eigenvalue weighted by Crippen LogP contribution is 2.44. The van der Waals surface area contributed by atoms with E-state index in [2.05, 4.69) is 5.32 Å². The predicted molar refractivity (Wildman–Crippen MR) is 75.2 cm³/mol. The van der Waals surface area contributed by atoms with Crippen molar-refractivity contribution in [2.45, 2.75) is 25.3 Å². The van der Waals surface area contributed by atoms with Crippen molar-refractivity contribution in [3.05, 3.63) is 17.7 Å². The molecule has 1 fully saturated rings. The maximum absolute atomic E-state index is 5.52. The molecule has 0 radical (unpaired) electrons. The number of methoxy groups -OCH3 is 3. The monoisotopic (exact) mass is 265 g/mol. The first-order valence-electron chi connectivity index (χ1n) is 6.70. The molecule has 1 aromatic carbocycles. The Kier molecular flexibility index (Phi) is 4.53. The molecule has 0 heterocycles. The van der Waals surface area contributed by atoms with Gasteiger partial charge >= 0.3 is 0 Å². The minimum Gasteiger partial charge on any atom is -0.496 e. The summed E-state index contributed by atoms with van der Waals surface area (Å²) in [4.78, 5) is 0. The molecule has 0 aliphatic heterocycles. The Morgan fingerprint density at radius 3 is 2.05 bits per heavy atom. The topological polar surface area (TPSA) is 39.7 Å². The Hall–Kier alpha value is -1.42. The summed E-state index contributed by atoms with van der Waals surface area (Å²) in [6.07, 6.45) is 3.79. The average Bonchev–Trinajstić information content (AvgIpc) is 3.27. The predicted octanol–water partition coefficient (Wildman–Crippen LogP) is 2.77. The molecule has 1 aliphatic rings. The second-order valence-corrected chi connectivity index (χ2v) is 4.97. The Morgan fingerprint density at radius 1 is 1.11 bits per heavy atom. The molecule has 4 nitrogen and oxygen atoms in total. The first kappa shape index (κ1) is 14.0. The molecule has 0 saturated heterocycles. The van der Waals surface area contributed by atoms with Crippen LogP contribution in [0.25, 0.3) is 0 Å². The van der Waals surface area contributed by atoms with Gasteiger partial charge in [-0.15, -0.1) is 0 Å². The van der Waals surface area contributed by atoms with E-state index in [0.29, 0.717) is 0 Å². The van der Waals surface area contributed by atoms with Gasteiger partial charge in [0, 0.05) is 18.2 Å². The van der Waals surface area contributed by atoms with Crippen molar-refractivity contribution >= 4 is 0 Å². The van der Waals surface area contributed by atoms with E-state index in [1.54, 1.807) is 21.3 Å². The minimum absolute atomic E-state index is 0.253. The maximum Gasteiger partial charge on any atom is 0.131 e. The van der Waals surface area contributed by atoms with E-state index in [9.17, 15) is 0 Å². The molecular formula is C15H23NO3. The molecule has 106 valence electrons. The van der Waals surface area contributed by atoms with Crippen LogP contribution in [0.3, 0.4) is 0 Å². The van der Waals surface area contributed by atoms with Gasteiger partial charge in [-0.3, -0.25) is 0 Å². The quantitative estimate of drug-likeness (QED) is 0.823. The van der Waals surface area contributed by atoms with Crippen LogP contribution < -0.4 is 19.5 Å². The van der Waals surface area contributed by atoms with Crippen molar-refractivity contribution in [1.29, 1.82) is 0 Å². The van der Waals surface area contributed by atoms with Gasteiger partial charge < -0.3 is 19.5 Å². The molecule has 1 aliphatic carbocycles. The van der Waals surface area contributed by atoms with Gasteiger partial charge in [0.25, 0.3) is 0 Å². The largest absolute Gasteiger partial charge is 0.496 e. The number of benzene rings is 1. The minimum atomic E-state index is 0.253. The Labute approximate surface area is 115 Å². The van der Waals surface area contributed by atoms with E-state index in [4.69, 9.17) is 14.2 Å². The third kappa shape index (κ3) is 3.13. The van der Waals surface area contributed by atoms with Crippen molar-refractivity contribution in [3.63, 3.8) is 0 Å². The Balaban J connectivity index is 2.38. The number of rotatable bonds is 7. The standard InChI is InChI=1S/C15H23NO3/c1-16-12(7-10-5-6-10)15-13(18-3)8-11(17-2)9-14(15)19-4/h8-10,12,16H,5-7H2,1-4H3. The fraction of sp³-hybridized carbons (Fsp3) is 0.600. The second kappa shape index (κ2) is 6.15. The molecule has 1 atom stereocenters. The zero-order valence-corrected chi connectivity index (χ0v) is 12.2. The third-order valence-electron chi connectivity index (χ3n) is 3.72. The summed E-state index contributed by atoms with van der Waals surface area (Å²) in [7, 11) is 6.99. The van der Waals surface area contributed by atoms with E-state index >= 15 is 0 Å². The zero-order chi connectivity index (χ0) is 13.8. The maximum atomic E-state index is 5.52. The lowest BCUT2D eigenvalue weighted by Gasteiger charge is -2.22. The van der Waals surface area contributed by atoms with Gasteiger partial charge in [-0.1, -0.05) is 12.8 Å². The molecule has 0 bridgehead atoms. The summed E-state index contributed by atoms with van der Waals surface area (Å²) in [5, 5.41) is 3.38. The first-order chi connectivity index (χ1) is 9.23. The highest BCUT2D eigenvalue weighted by molar-refractivity contribution is 5.52. The van der Waals surface area contributed by atoms with Crippen LogP contribution in [-0.4, -0.2) is 28.4 Å². The van der Waals surface area contributed by atoms with E-state index in [1.165, 1.54) is 12.8 Å². The van der Waals surface area contributed by atoms with E-state index in [-0.39, 0.29) is 6.04 Å². The van der Waals surface area contributed by atoms with Crippen LogP contribution in [0, 0.1) is 5.92 Å². The average molecular weight is 265 g/mol. The van der Waals surface area contributed by atoms with Crippen LogP contribution in [0.5, 0.6) is 17.2 Å². The summed E-state index contributed by atoms with van der Waals surface area (Å²) in [5.74, 6) is 3.21. The lowest BCUT2D eigenvalue weighted by molar-refractivity contribution is 0.355. The van der Waals surface area contributed by atoms with Gasteiger partial charge in [0.1, 0.15) is 17.2 Å². The Bertz CT molecular complexity index is 404. The highest BCUT2D eigenvalue weighted by Gasteiger charge is 2.29. The fourth-order valence-electron chi connectivity index (χ4n) is 2.44. The van der Waals surface area contributed by atoms with Gasteiger partial charge in [-0.2, -0.15) is 0 Å². The van der Waals surface area contributed by atoms with E-state index < -0.39 is 0 Å². The molecule has 0 amide bonds. The molecule has 19 heavy (non-hydrogen) atoms. The van der Waals surface area contributed by atoms with Crippen LogP contribution in [0.2, 0.25) is 0 Å². The van der Waals surface area contributed by atoms with Gasteiger partial charge in [0.2, 0.25) is 0 Å². The van der Waals surface area contributed by atoms with Crippen LogP contribution in [0.4, 0.5) is 0 Å². The number of nitrogens with one attached hydrogen (secondary N) is 1. The van der Waals surface area contributed by atoms with Crippen LogP contribution in [0.15, 0.2) is 12.1 Å². The summed E-state index contributed by atoms with van der Waals surface area (Å²) in [5.41, 5.74) is 1.08. The number of ether oxygens (including phenoxy) is 3. The van der Waals surface area contributed by atoms with Crippen molar-refractivity contribution in [3.8, 4) is 17.2 Å². The molecule has 2 rings (SSSR count). The summed E-state index contributed by atoms with van der Waals surface area (Å²) in [6.45, 7) is 0. The number of hydrogen-bond donors (Lipinski definition) is 1. The molecule has 1 N–H and O–H groups in total. The second-order valence-electron chi connectivity index (χ2n) is 4.97. The lowest BCUT2D eigenvalue weighted by Crippen LogP contribution is -2.18. The molecule has 0 aromatic heterocycles. The normalized spacial score (nSPS) is 16.0. The van der Waals surface area contributed by atoms with Crippen LogP contribution in [0.1, 0.15) is 30.9 Å². The third-order valence-corrected chi connectivity index (χ3v) is 3.72. The molecular weight excluding hydrogens is 242 g/mol. The van der Waals surface area contributed by atoms with Crippen molar-refractivity contribution in [2.24, 2.45) is 5.92 Å². The van der Waals surface area contributed by atoms with Gasteiger partial charge in [-0.25, -0.2) is 0 Å². The van der Waals surface area contributed by atoms with Crippen molar-refractivity contribution < 1.29 is 14.2 Å². The lowest BCUT2D eigenvalue weighted by atomic mass is 9.99. The van der Waals surface area contributed by atoms with E-state index in [1.807, 2.05) is 19.2 Å². The molecule has 1 saturated carbocycles. The van der Waals surface area contributed by atoms with E-state index in [0.717, 1.165) is 35.2 Å². The highest BCUT2D eigenvalue weighted by atomic mass is 16.5. The van der Waals surface area contributed by atoms with Gasteiger partial charge in [0.05, 0.1) is 26.9 Å². The first-order valence-corrected chi connectivity index (χ1v) is 6.70. The smallest absolute Gasteiger partial charge is 0.131 e. The fourth-order valence-corrected chi connectivity index (χ4v) is 2.44. The number of hydrogen-bond acceptors (Lipinski definition) is 4. The Morgan fingerprint density at radius 2 is 1.68 bits per heavy atom. The van der Waals surface area contributed by atoms with Gasteiger partial charge in [0.15, 0.2) is 0 Å². The molecule has 0 spiro atoms. The molecule has 1 unspecified atom stereocenters. The SMILES string of the molecule is CNC(CC1CC1)c1c(OC)cc(OC)cc1OC. The van der Waals surface area contributed by atoms with Crippen molar-refractivity contribution in [2.75, 3.05) is 28.4 Å². The van der Waals surface area contributed by atoms with Gasteiger partial charge in [-0.05, 0) is 19.4 Å².